The van der Waals surface area contributed by atoms with Crippen LogP contribution in [0.15, 0.2) is 30.3 Å². The molecule has 0 bridgehead atoms. The first kappa shape index (κ1) is 15.0. The summed E-state index contributed by atoms with van der Waals surface area (Å²) in [6.45, 7) is 0.725. The Morgan fingerprint density at radius 3 is 2.50 bits per heavy atom. The summed E-state index contributed by atoms with van der Waals surface area (Å²) >= 11 is 0. The molecule has 1 aromatic carbocycles. The van der Waals surface area contributed by atoms with Gasteiger partial charge in [-0.15, -0.1) is 0 Å². The standard InChI is InChI=1S/C17H26N2O/c1-18-17(11-6-3-7-12-17)14-16(20)19-13-10-15-8-4-2-5-9-15/h2,4-5,8-9,18H,3,6-7,10-14H2,1H3,(H,19,20). The highest BCUT2D eigenvalue weighted by molar-refractivity contribution is 5.77. The molecule has 1 aliphatic carbocycles. The van der Waals surface area contributed by atoms with Crippen molar-refractivity contribution in [3.05, 3.63) is 35.9 Å². The molecule has 2 rings (SSSR count). The van der Waals surface area contributed by atoms with E-state index >= 15 is 0 Å². The normalized spacial score (nSPS) is 17.6. The topological polar surface area (TPSA) is 41.1 Å². The lowest BCUT2D eigenvalue weighted by molar-refractivity contribution is -0.122. The summed E-state index contributed by atoms with van der Waals surface area (Å²) in [5, 5.41) is 6.45. The minimum Gasteiger partial charge on any atom is -0.356 e. The number of benzene rings is 1. The minimum atomic E-state index is 0.0368. The summed E-state index contributed by atoms with van der Waals surface area (Å²) in [6, 6.07) is 10.3. The highest BCUT2D eigenvalue weighted by Gasteiger charge is 2.32. The molecule has 0 spiro atoms. The number of rotatable bonds is 6. The summed E-state index contributed by atoms with van der Waals surface area (Å²) in [5.41, 5.74) is 1.31. The van der Waals surface area contributed by atoms with Gasteiger partial charge in [-0.05, 0) is 31.9 Å². The zero-order valence-electron chi connectivity index (χ0n) is 12.5. The SMILES string of the molecule is CNC1(CC(=O)NCCc2ccccc2)CCCCC1. The highest BCUT2D eigenvalue weighted by Crippen LogP contribution is 2.30. The van der Waals surface area contributed by atoms with Crippen molar-refractivity contribution < 1.29 is 4.79 Å². The van der Waals surface area contributed by atoms with E-state index in [4.69, 9.17) is 0 Å². The Labute approximate surface area is 122 Å². The lowest BCUT2D eigenvalue weighted by Gasteiger charge is -2.36. The molecule has 3 nitrogen and oxygen atoms in total. The van der Waals surface area contributed by atoms with Gasteiger partial charge in [0.2, 0.25) is 5.91 Å². The van der Waals surface area contributed by atoms with E-state index in [0.29, 0.717) is 6.42 Å². The van der Waals surface area contributed by atoms with E-state index in [1.165, 1.54) is 24.8 Å². The molecule has 1 amide bonds. The van der Waals surface area contributed by atoms with Gasteiger partial charge in [-0.1, -0.05) is 49.6 Å². The Balaban J connectivity index is 1.74. The summed E-state index contributed by atoms with van der Waals surface area (Å²) < 4.78 is 0. The second-order valence-corrected chi connectivity index (χ2v) is 5.85. The van der Waals surface area contributed by atoms with E-state index in [1.807, 2.05) is 25.2 Å². The molecule has 0 aromatic heterocycles. The number of amides is 1. The molecule has 0 aliphatic heterocycles. The van der Waals surface area contributed by atoms with Crippen LogP contribution in [0.1, 0.15) is 44.1 Å². The van der Waals surface area contributed by atoms with Gasteiger partial charge in [0.15, 0.2) is 0 Å². The number of hydrogen-bond donors (Lipinski definition) is 2. The molecule has 1 aromatic rings. The van der Waals surface area contributed by atoms with Crippen molar-refractivity contribution in [2.45, 2.75) is 50.5 Å². The Morgan fingerprint density at radius 1 is 1.15 bits per heavy atom. The minimum absolute atomic E-state index is 0.0368. The van der Waals surface area contributed by atoms with Gasteiger partial charge in [-0.3, -0.25) is 4.79 Å². The summed E-state index contributed by atoms with van der Waals surface area (Å²) in [7, 11) is 1.99. The Hall–Kier alpha value is -1.35. The molecule has 1 fully saturated rings. The van der Waals surface area contributed by atoms with Crippen molar-refractivity contribution in [2.24, 2.45) is 0 Å². The maximum atomic E-state index is 12.1. The molecule has 0 unspecified atom stereocenters. The van der Waals surface area contributed by atoms with Crippen molar-refractivity contribution in [2.75, 3.05) is 13.6 Å². The van der Waals surface area contributed by atoms with Crippen LogP contribution in [0.4, 0.5) is 0 Å². The van der Waals surface area contributed by atoms with Crippen LogP contribution >= 0.6 is 0 Å². The Morgan fingerprint density at radius 2 is 1.85 bits per heavy atom. The molecule has 20 heavy (non-hydrogen) atoms. The molecule has 1 saturated carbocycles. The van der Waals surface area contributed by atoms with Crippen LogP contribution in [0.3, 0.4) is 0 Å². The number of hydrogen-bond acceptors (Lipinski definition) is 2. The van der Waals surface area contributed by atoms with E-state index in [2.05, 4.69) is 22.8 Å². The first-order valence-corrected chi connectivity index (χ1v) is 7.74. The van der Waals surface area contributed by atoms with Crippen molar-refractivity contribution in [1.29, 1.82) is 0 Å². The summed E-state index contributed by atoms with van der Waals surface area (Å²) in [4.78, 5) is 12.1. The van der Waals surface area contributed by atoms with Gasteiger partial charge >= 0.3 is 0 Å². The average molecular weight is 274 g/mol. The zero-order valence-corrected chi connectivity index (χ0v) is 12.5. The zero-order chi connectivity index (χ0) is 14.3. The molecular formula is C17H26N2O. The van der Waals surface area contributed by atoms with E-state index in [0.717, 1.165) is 25.8 Å². The van der Waals surface area contributed by atoms with Gasteiger partial charge in [-0.25, -0.2) is 0 Å². The molecule has 0 atom stereocenters. The van der Waals surface area contributed by atoms with Crippen molar-refractivity contribution in [3.8, 4) is 0 Å². The summed E-state index contributed by atoms with van der Waals surface area (Å²) in [6.07, 6.45) is 7.53. The fourth-order valence-electron chi connectivity index (χ4n) is 3.10. The first-order chi connectivity index (χ1) is 9.74. The first-order valence-electron chi connectivity index (χ1n) is 7.74. The van der Waals surface area contributed by atoms with E-state index < -0.39 is 0 Å². The molecule has 0 heterocycles. The Kier molecular flexibility index (Phi) is 5.60. The molecule has 1 aliphatic rings. The monoisotopic (exact) mass is 274 g/mol. The van der Waals surface area contributed by atoms with Crippen LogP contribution in [0.5, 0.6) is 0 Å². The van der Waals surface area contributed by atoms with E-state index in [9.17, 15) is 4.79 Å². The fourth-order valence-corrected chi connectivity index (χ4v) is 3.10. The smallest absolute Gasteiger partial charge is 0.221 e. The molecule has 2 N–H and O–H groups in total. The second kappa shape index (κ2) is 7.44. The third-order valence-electron chi connectivity index (χ3n) is 4.42. The van der Waals surface area contributed by atoms with Crippen LogP contribution in [-0.2, 0) is 11.2 Å². The third-order valence-corrected chi connectivity index (χ3v) is 4.42. The van der Waals surface area contributed by atoms with Gasteiger partial charge in [0.1, 0.15) is 0 Å². The molecule has 3 heteroatoms. The highest BCUT2D eigenvalue weighted by atomic mass is 16.1. The van der Waals surface area contributed by atoms with Crippen LogP contribution < -0.4 is 10.6 Å². The lowest BCUT2D eigenvalue weighted by Crippen LogP contribution is -2.48. The number of nitrogens with one attached hydrogen (secondary N) is 2. The molecule has 110 valence electrons. The van der Waals surface area contributed by atoms with Crippen molar-refractivity contribution >= 4 is 5.91 Å². The van der Waals surface area contributed by atoms with Crippen LogP contribution in [0, 0.1) is 0 Å². The van der Waals surface area contributed by atoms with Crippen molar-refractivity contribution in [1.82, 2.24) is 10.6 Å². The largest absolute Gasteiger partial charge is 0.356 e. The van der Waals surface area contributed by atoms with Crippen LogP contribution in [0.2, 0.25) is 0 Å². The van der Waals surface area contributed by atoms with E-state index in [1.54, 1.807) is 0 Å². The maximum absolute atomic E-state index is 12.1. The van der Waals surface area contributed by atoms with Gasteiger partial charge in [-0.2, -0.15) is 0 Å². The predicted octanol–water partition coefficient (Wildman–Crippen LogP) is 2.66. The van der Waals surface area contributed by atoms with Gasteiger partial charge in [0.05, 0.1) is 0 Å². The third kappa shape index (κ3) is 4.34. The quantitative estimate of drug-likeness (QED) is 0.837. The average Bonchev–Trinajstić information content (AvgIpc) is 2.49. The number of carbonyl (C=O) groups is 1. The van der Waals surface area contributed by atoms with E-state index in [-0.39, 0.29) is 11.4 Å². The molecular weight excluding hydrogens is 248 g/mol. The predicted molar refractivity (Wildman–Crippen MR) is 82.6 cm³/mol. The molecule has 0 saturated heterocycles. The Bertz CT molecular complexity index is 410. The van der Waals surface area contributed by atoms with Crippen molar-refractivity contribution in [3.63, 3.8) is 0 Å². The van der Waals surface area contributed by atoms with Crippen LogP contribution in [-0.4, -0.2) is 25.0 Å². The van der Waals surface area contributed by atoms with Gasteiger partial charge in [0.25, 0.3) is 0 Å². The van der Waals surface area contributed by atoms with Gasteiger partial charge < -0.3 is 10.6 Å². The maximum Gasteiger partial charge on any atom is 0.221 e. The summed E-state index contributed by atoms with van der Waals surface area (Å²) in [5.74, 6) is 0.178. The fraction of sp³-hybridized carbons (Fsp3) is 0.588. The van der Waals surface area contributed by atoms with Gasteiger partial charge in [0, 0.05) is 18.5 Å². The van der Waals surface area contributed by atoms with Crippen LogP contribution in [0.25, 0.3) is 0 Å². The second-order valence-electron chi connectivity index (χ2n) is 5.85. The molecule has 0 radical (unpaired) electrons. The lowest BCUT2D eigenvalue weighted by atomic mass is 9.79. The number of carbonyl (C=O) groups excluding carboxylic acids is 1.